The average molecular weight is 76.1 g/mol. The Morgan fingerprint density at radius 2 is 2.40 bits per heavy atom. The molecule has 0 aliphatic carbocycles. The van der Waals surface area contributed by atoms with E-state index in [1.54, 1.807) is 0 Å². The molecule has 0 radical (unpaired) electrons. The molecule has 3 nitrogen and oxygen atoms in total. The molecule has 0 bridgehead atoms. The first-order valence-electron chi connectivity index (χ1n) is 1.62. The molecule has 0 atom stereocenters. The normalized spacial score (nSPS) is 8.40. The average Bonchev–Trinajstić information content (AvgIpc) is 1.41. The summed E-state index contributed by atoms with van der Waals surface area (Å²) in [6.07, 6.45) is 0. The second-order valence-corrected chi connectivity index (χ2v) is 0.704. The lowest BCUT2D eigenvalue weighted by atomic mass is 11.0. The van der Waals surface area contributed by atoms with Crippen molar-refractivity contribution in [3.8, 4) is 0 Å². The molecular formula is C2H10N3+. The maximum Gasteiger partial charge on any atom is 0.128 e. The Bertz CT molecular complexity index is 12.4. The van der Waals surface area contributed by atoms with Crippen LogP contribution in [0.25, 0.3) is 0 Å². The van der Waals surface area contributed by atoms with Gasteiger partial charge in [-0.3, -0.25) is 5.32 Å². The number of rotatable bonds is 2. The molecule has 0 saturated heterocycles. The molecule has 0 aromatic heterocycles. The van der Waals surface area contributed by atoms with Crippen molar-refractivity contribution in [1.82, 2.24) is 5.32 Å². The summed E-state index contributed by atoms with van der Waals surface area (Å²) in [5, 5.41) is 2.78. The lowest BCUT2D eigenvalue weighted by Gasteiger charge is -1.84. The quantitative estimate of drug-likeness (QED) is 0.324. The van der Waals surface area contributed by atoms with E-state index in [1.165, 1.54) is 0 Å². The highest BCUT2D eigenvalue weighted by molar-refractivity contribution is 4.16. The number of hydrogen-bond donors (Lipinski definition) is 3. The van der Waals surface area contributed by atoms with Gasteiger partial charge in [0.2, 0.25) is 0 Å². The summed E-state index contributed by atoms with van der Waals surface area (Å²) in [5.41, 5.74) is 8.47. The van der Waals surface area contributed by atoms with E-state index < -0.39 is 0 Å². The molecule has 0 rings (SSSR count). The Hall–Kier alpha value is -0.120. The molecule has 0 unspecified atom stereocenters. The van der Waals surface area contributed by atoms with Crippen molar-refractivity contribution in [3.63, 3.8) is 0 Å². The Kier molecular flexibility index (Phi) is 3.79. The first-order valence-corrected chi connectivity index (χ1v) is 1.62. The Labute approximate surface area is 31.3 Å². The van der Waals surface area contributed by atoms with Crippen LogP contribution in [0, 0.1) is 0 Å². The summed E-state index contributed by atoms with van der Waals surface area (Å²) in [4.78, 5) is 0. The minimum atomic E-state index is 0.531. The van der Waals surface area contributed by atoms with Gasteiger partial charge in [0.25, 0.3) is 0 Å². The van der Waals surface area contributed by atoms with Gasteiger partial charge in [-0.05, 0) is 0 Å². The van der Waals surface area contributed by atoms with Gasteiger partial charge < -0.3 is 11.5 Å². The monoisotopic (exact) mass is 76.1 g/mol. The zero-order valence-electron chi connectivity index (χ0n) is 3.20. The first-order chi connectivity index (χ1) is 2.41. The zero-order chi connectivity index (χ0) is 4.12. The second-order valence-electron chi connectivity index (χ2n) is 0.704. The van der Waals surface area contributed by atoms with Crippen LogP contribution in [-0.2, 0) is 0 Å². The molecule has 5 heavy (non-hydrogen) atoms. The van der Waals surface area contributed by atoms with Gasteiger partial charge in [-0.15, -0.1) is 0 Å². The van der Waals surface area contributed by atoms with Crippen LogP contribution in [0.2, 0.25) is 0 Å². The van der Waals surface area contributed by atoms with Crippen molar-refractivity contribution in [1.29, 1.82) is 0 Å². The molecule has 0 aromatic rings. The SMILES string of the molecule is NCNC[NH3+]. The van der Waals surface area contributed by atoms with E-state index in [2.05, 4.69) is 11.1 Å². The molecule has 0 aromatic carbocycles. The predicted octanol–water partition coefficient (Wildman–Crippen LogP) is -2.31. The van der Waals surface area contributed by atoms with Crippen LogP contribution in [0.5, 0.6) is 0 Å². The molecule has 0 aliphatic heterocycles. The lowest BCUT2D eigenvalue weighted by molar-refractivity contribution is -0.374. The highest BCUT2D eigenvalue weighted by Crippen LogP contribution is 1.22. The van der Waals surface area contributed by atoms with Crippen molar-refractivity contribution in [2.75, 3.05) is 13.3 Å². The van der Waals surface area contributed by atoms with E-state index >= 15 is 0 Å². The molecule has 0 fully saturated rings. The Morgan fingerprint density at radius 1 is 1.80 bits per heavy atom. The molecule has 32 valence electrons. The predicted molar refractivity (Wildman–Crippen MR) is 19.9 cm³/mol. The van der Waals surface area contributed by atoms with Crippen LogP contribution < -0.4 is 16.8 Å². The summed E-state index contributed by atoms with van der Waals surface area (Å²) >= 11 is 0. The van der Waals surface area contributed by atoms with Crippen LogP contribution in [0.15, 0.2) is 0 Å². The summed E-state index contributed by atoms with van der Waals surface area (Å²) in [5.74, 6) is 0. The van der Waals surface area contributed by atoms with Gasteiger partial charge in [-0.25, -0.2) is 0 Å². The molecule has 0 spiro atoms. The number of nitrogens with two attached hydrogens (primary N) is 1. The summed E-state index contributed by atoms with van der Waals surface area (Å²) < 4.78 is 0. The molecule has 6 N–H and O–H groups in total. The highest BCUT2D eigenvalue weighted by Gasteiger charge is 1.65. The first kappa shape index (κ1) is 4.88. The fraction of sp³-hybridized carbons (Fsp3) is 1.00. The largest absolute Gasteiger partial charge is 0.345 e. The van der Waals surface area contributed by atoms with Gasteiger partial charge in [-0.1, -0.05) is 0 Å². The van der Waals surface area contributed by atoms with Crippen LogP contribution in [0.3, 0.4) is 0 Å². The fourth-order valence-electron chi connectivity index (χ4n) is 0.102. The number of nitrogens with one attached hydrogen (secondary N) is 1. The molecule has 0 aliphatic rings. The van der Waals surface area contributed by atoms with E-state index in [4.69, 9.17) is 5.73 Å². The number of quaternary nitrogens is 1. The van der Waals surface area contributed by atoms with Gasteiger partial charge in [0.05, 0.1) is 0 Å². The van der Waals surface area contributed by atoms with Crippen LogP contribution in [0.1, 0.15) is 0 Å². The third-order valence-corrected chi connectivity index (χ3v) is 0.321. The zero-order valence-corrected chi connectivity index (χ0v) is 3.20. The number of hydrogen-bond acceptors (Lipinski definition) is 2. The van der Waals surface area contributed by atoms with Crippen LogP contribution >= 0.6 is 0 Å². The van der Waals surface area contributed by atoms with Gasteiger partial charge in [0, 0.05) is 6.67 Å². The van der Waals surface area contributed by atoms with Gasteiger partial charge in [0.1, 0.15) is 6.67 Å². The van der Waals surface area contributed by atoms with Gasteiger partial charge >= 0.3 is 0 Å². The Balaban J connectivity index is 2.19. The Morgan fingerprint density at radius 3 is 2.40 bits per heavy atom. The maximum atomic E-state index is 4.99. The summed E-state index contributed by atoms with van der Waals surface area (Å²) in [7, 11) is 0. The second kappa shape index (κ2) is 3.88. The highest BCUT2D eigenvalue weighted by atomic mass is 15.0. The molecule has 0 saturated carbocycles. The summed E-state index contributed by atoms with van der Waals surface area (Å²) in [6.45, 7) is 1.25. The molecular weight excluding hydrogens is 66.0 g/mol. The smallest absolute Gasteiger partial charge is 0.128 e. The van der Waals surface area contributed by atoms with Gasteiger partial charge in [0.15, 0.2) is 0 Å². The van der Waals surface area contributed by atoms with Crippen molar-refractivity contribution >= 4 is 0 Å². The maximum absolute atomic E-state index is 4.99. The van der Waals surface area contributed by atoms with E-state index in [9.17, 15) is 0 Å². The van der Waals surface area contributed by atoms with E-state index in [-0.39, 0.29) is 0 Å². The molecule has 0 amide bonds. The van der Waals surface area contributed by atoms with Crippen molar-refractivity contribution in [2.45, 2.75) is 0 Å². The minimum Gasteiger partial charge on any atom is -0.345 e. The topological polar surface area (TPSA) is 65.7 Å². The minimum absolute atomic E-state index is 0.531. The summed E-state index contributed by atoms with van der Waals surface area (Å²) in [6, 6.07) is 0. The van der Waals surface area contributed by atoms with Crippen molar-refractivity contribution in [3.05, 3.63) is 0 Å². The molecule has 3 heteroatoms. The third kappa shape index (κ3) is 3.88. The van der Waals surface area contributed by atoms with Crippen molar-refractivity contribution < 1.29 is 5.73 Å². The van der Waals surface area contributed by atoms with E-state index in [1.807, 2.05) is 0 Å². The fourth-order valence-corrected chi connectivity index (χ4v) is 0.102. The van der Waals surface area contributed by atoms with Crippen molar-refractivity contribution in [2.24, 2.45) is 5.73 Å². The van der Waals surface area contributed by atoms with E-state index in [0.717, 1.165) is 6.67 Å². The third-order valence-electron chi connectivity index (χ3n) is 0.321. The van der Waals surface area contributed by atoms with Gasteiger partial charge in [-0.2, -0.15) is 0 Å². The van der Waals surface area contributed by atoms with Crippen LogP contribution in [-0.4, -0.2) is 13.3 Å². The molecule has 0 heterocycles. The lowest BCUT2D eigenvalue weighted by Crippen LogP contribution is -2.58. The van der Waals surface area contributed by atoms with Crippen LogP contribution in [0.4, 0.5) is 0 Å². The van der Waals surface area contributed by atoms with E-state index in [0.29, 0.717) is 6.67 Å². The standard InChI is InChI=1S/C2H9N3/c3-1-5-2-4/h5H,1-4H2/p+1.